The number of carbonyl (C=O) groups excluding carboxylic acids is 2. The molecule has 2 N–H and O–H groups in total. The molecule has 0 spiro atoms. The number of carbonyl (C=O) groups is 2. The van der Waals surface area contributed by atoms with Crippen molar-refractivity contribution in [2.45, 2.75) is 38.3 Å². The van der Waals surface area contributed by atoms with Gasteiger partial charge in [-0.3, -0.25) is 9.59 Å². The van der Waals surface area contributed by atoms with E-state index in [4.69, 9.17) is 5.73 Å². The maximum atomic E-state index is 12.4. The van der Waals surface area contributed by atoms with E-state index in [1.54, 1.807) is 30.2 Å². The number of nitrogen functional groups attached to an aromatic ring is 1. The SMILES string of the molecule is CC(=O)N1[C@@H]2CC[C@H]1CC(=O)N(c1ccc(N)nc1)C2. The number of rotatable bonds is 1. The van der Waals surface area contributed by atoms with Crippen LogP contribution in [-0.2, 0) is 9.59 Å². The number of amides is 2. The van der Waals surface area contributed by atoms with Gasteiger partial charge in [-0.15, -0.1) is 0 Å². The Morgan fingerprint density at radius 3 is 2.75 bits per heavy atom. The fourth-order valence-electron chi connectivity index (χ4n) is 3.29. The largest absolute Gasteiger partial charge is 0.384 e. The number of fused-ring (bicyclic) bond motifs is 2. The molecular weight excluding hydrogens is 256 g/mol. The summed E-state index contributed by atoms with van der Waals surface area (Å²) in [5.41, 5.74) is 6.33. The van der Waals surface area contributed by atoms with Gasteiger partial charge in [-0.05, 0) is 25.0 Å². The highest BCUT2D eigenvalue weighted by Crippen LogP contribution is 2.32. The van der Waals surface area contributed by atoms with Crippen LogP contribution in [0.2, 0.25) is 0 Å². The number of anilines is 2. The third-order valence-electron chi connectivity index (χ3n) is 4.17. The van der Waals surface area contributed by atoms with Crippen molar-refractivity contribution >= 4 is 23.3 Å². The molecule has 6 nitrogen and oxygen atoms in total. The summed E-state index contributed by atoms with van der Waals surface area (Å²) in [6, 6.07) is 3.66. The second-order valence-corrected chi connectivity index (χ2v) is 5.46. The van der Waals surface area contributed by atoms with Crippen LogP contribution in [0.25, 0.3) is 0 Å². The average molecular weight is 274 g/mol. The van der Waals surface area contributed by atoms with Crippen molar-refractivity contribution in [1.29, 1.82) is 0 Å². The molecule has 2 fully saturated rings. The van der Waals surface area contributed by atoms with E-state index in [9.17, 15) is 9.59 Å². The van der Waals surface area contributed by atoms with E-state index >= 15 is 0 Å². The molecule has 2 atom stereocenters. The maximum absolute atomic E-state index is 12.4. The van der Waals surface area contributed by atoms with Crippen molar-refractivity contribution in [1.82, 2.24) is 9.88 Å². The van der Waals surface area contributed by atoms with Crippen LogP contribution in [-0.4, -0.2) is 40.3 Å². The Balaban J connectivity index is 1.89. The number of hydrogen-bond acceptors (Lipinski definition) is 4. The van der Waals surface area contributed by atoms with Gasteiger partial charge >= 0.3 is 0 Å². The van der Waals surface area contributed by atoms with Gasteiger partial charge in [-0.25, -0.2) is 4.98 Å². The highest BCUT2D eigenvalue weighted by molar-refractivity contribution is 5.95. The monoisotopic (exact) mass is 274 g/mol. The minimum Gasteiger partial charge on any atom is -0.384 e. The van der Waals surface area contributed by atoms with Crippen molar-refractivity contribution in [3.8, 4) is 0 Å². The summed E-state index contributed by atoms with van der Waals surface area (Å²) in [5, 5.41) is 0. The predicted octanol–water partition coefficient (Wildman–Crippen LogP) is 0.780. The second kappa shape index (κ2) is 4.77. The first-order valence-corrected chi connectivity index (χ1v) is 6.87. The topological polar surface area (TPSA) is 79.5 Å². The standard InChI is InChI=1S/C14H18N4O2/c1-9(19)18-10-2-3-12(18)8-17(14(20)6-10)11-4-5-13(15)16-7-11/h4-5,7,10,12H,2-3,6,8H2,1H3,(H2,15,16)/t10-,12+/m0/s1. The van der Waals surface area contributed by atoms with Crippen LogP contribution >= 0.6 is 0 Å². The van der Waals surface area contributed by atoms with Gasteiger partial charge in [0.05, 0.1) is 17.9 Å². The van der Waals surface area contributed by atoms with E-state index in [0.717, 1.165) is 18.5 Å². The van der Waals surface area contributed by atoms with E-state index in [2.05, 4.69) is 4.98 Å². The van der Waals surface area contributed by atoms with Crippen molar-refractivity contribution in [3.63, 3.8) is 0 Å². The normalized spacial score (nSPS) is 25.8. The Labute approximate surface area is 117 Å². The zero-order valence-corrected chi connectivity index (χ0v) is 11.5. The van der Waals surface area contributed by atoms with Gasteiger partial charge in [0.1, 0.15) is 5.82 Å². The first-order chi connectivity index (χ1) is 9.56. The van der Waals surface area contributed by atoms with Gasteiger partial charge in [0.2, 0.25) is 11.8 Å². The van der Waals surface area contributed by atoms with Gasteiger partial charge < -0.3 is 15.5 Å². The molecule has 2 aliphatic heterocycles. The summed E-state index contributed by atoms with van der Waals surface area (Å²) >= 11 is 0. The number of nitrogens with two attached hydrogens (primary N) is 1. The summed E-state index contributed by atoms with van der Waals surface area (Å²) < 4.78 is 0. The summed E-state index contributed by atoms with van der Waals surface area (Å²) in [6.07, 6.45) is 3.88. The maximum Gasteiger partial charge on any atom is 0.229 e. The van der Waals surface area contributed by atoms with E-state index < -0.39 is 0 Å². The lowest BCUT2D eigenvalue weighted by atomic mass is 10.1. The van der Waals surface area contributed by atoms with Crippen LogP contribution < -0.4 is 10.6 Å². The minimum atomic E-state index is 0.0509. The Kier molecular flexibility index (Phi) is 3.08. The zero-order chi connectivity index (χ0) is 14.3. The fourth-order valence-corrected chi connectivity index (χ4v) is 3.29. The molecule has 0 saturated carbocycles. The molecule has 2 amide bonds. The summed E-state index contributed by atoms with van der Waals surface area (Å²) in [6.45, 7) is 2.12. The molecule has 0 radical (unpaired) electrons. The highest BCUT2D eigenvalue weighted by Gasteiger charge is 2.41. The lowest BCUT2D eigenvalue weighted by molar-refractivity contribution is -0.131. The molecule has 6 heteroatoms. The molecule has 3 heterocycles. The molecule has 2 aliphatic rings. The molecule has 0 unspecified atom stereocenters. The van der Waals surface area contributed by atoms with E-state index in [0.29, 0.717) is 18.8 Å². The van der Waals surface area contributed by atoms with Gasteiger partial charge in [0, 0.05) is 25.9 Å². The van der Waals surface area contributed by atoms with Crippen LogP contribution in [0.5, 0.6) is 0 Å². The van der Waals surface area contributed by atoms with Crippen LogP contribution in [0.15, 0.2) is 18.3 Å². The van der Waals surface area contributed by atoms with Gasteiger partial charge in [-0.1, -0.05) is 0 Å². The van der Waals surface area contributed by atoms with Crippen molar-refractivity contribution in [3.05, 3.63) is 18.3 Å². The average Bonchev–Trinajstić information content (AvgIpc) is 2.72. The summed E-state index contributed by atoms with van der Waals surface area (Å²) in [4.78, 5) is 31.8. The third-order valence-corrected chi connectivity index (χ3v) is 4.17. The van der Waals surface area contributed by atoms with Crippen LogP contribution in [0.4, 0.5) is 11.5 Å². The van der Waals surface area contributed by atoms with Crippen LogP contribution in [0.1, 0.15) is 26.2 Å². The lowest BCUT2D eigenvalue weighted by Gasteiger charge is -2.27. The first kappa shape index (κ1) is 12.9. The van der Waals surface area contributed by atoms with E-state index in [1.165, 1.54) is 0 Å². The molecule has 2 bridgehead atoms. The fraction of sp³-hybridized carbons (Fsp3) is 0.500. The molecule has 2 saturated heterocycles. The minimum absolute atomic E-state index is 0.0509. The molecule has 0 aliphatic carbocycles. The Bertz CT molecular complexity index is 543. The van der Waals surface area contributed by atoms with E-state index in [1.807, 2.05) is 4.90 Å². The summed E-state index contributed by atoms with van der Waals surface area (Å²) in [5.74, 6) is 0.542. The van der Waals surface area contributed by atoms with Crippen molar-refractivity contribution in [2.24, 2.45) is 0 Å². The smallest absolute Gasteiger partial charge is 0.229 e. The molecular formula is C14H18N4O2. The molecule has 20 heavy (non-hydrogen) atoms. The Morgan fingerprint density at radius 1 is 1.35 bits per heavy atom. The molecule has 1 aromatic rings. The molecule has 3 rings (SSSR count). The Morgan fingerprint density at radius 2 is 2.10 bits per heavy atom. The molecule has 0 aromatic carbocycles. The highest BCUT2D eigenvalue weighted by atomic mass is 16.2. The van der Waals surface area contributed by atoms with Gasteiger partial charge in [0.15, 0.2) is 0 Å². The number of pyridine rings is 1. The van der Waals surface area contributed by atoms with Crippen LogP contribution in [0.3, 0.4) is 0 Å². The second-order valence-electron chi connectivity index (χ2n) is 5.46. The van der Waals surface area contributed by atoms with Crippen molar-refractivity contribution in [2.75, 3.05) is 17.2 Å². The number of aromatic nitrogens is 1. The first-order valence-electron chi connectivity index (χ1n) is 6.87. The molecule has 1 aromatic heterocycles. The van der Waals surface area contributed by atoms with Crippen molar-refractivity contribution < 1.29 is 9.59 Å². The number of hydrogen-bond donors (Lipinski definition) is 1. The summed E-state index contributed by atoms with van der Waals surface area (Å²) in [7, 11) is 0. The lowest BCUT2D eigenvalue weighted by Crippen LogP contribution is -2.42. The van der Waals surface area contributed by atoms with Gasteiger partial charge in [0.25, 0.3) is 0 Å². The van der Waals surface area contributed by atoms with Crippen LogP contribution in [0, 0.1) is 0 Å². The zero-order valence-electron chi connectivity index (χ0n) is 11.5. The quantitative estimate of drug-likeness (QED) is 0.820. The molecule has 106 valence electrons. The number of nitrogens with zero attached hydrogens (tertiary/aromatic N) is 3. The van der Waals surface area contributed by atoms with E-state index in [-0.39, 0.29) is 23.9 Å². The van der Waals surface area contributed by atoms with Gasteiger partial charge in [-0.2, -0.15) is 0 Å². The predicted molar refractivity (Wildman–Crippen MR) is 74.9 cm³/mol. The third kappa shape index (κ3) is 2.11. The Hall–Kier alpha value is -2.11.